The number of aromatic nitrogens is 2. The van der Waals surface area contributed by atoms with Crippen LogP contribution in [0.25, 0.3) is 0 Å². The van der Waals surface area contributed by atoms with E-state index >= 15 is 0 Å². The molecule has 0 spiro atoms. The molecule has 0 bridgehead atoms. The Morgan fingerprint density at radius 1 is 1.37 bits per heavy atom. The van der Waals surface area contributed by atoms with Crippen molar-refractivity contribution in [1.82, 2.24) is 15.3 Å². The van der Waals surface area contributed by atoms with Crippen molar-refractivity contribution in [3.63, 3.8) is 0 Å². The molecule has 102 valence electrons. The van der Waals surface area contributed by atoms with Crippen LogP contribution in [0.5, 0.6) is 0 Å². The number of hydrogen-bond acceptors (Lipinski definition) is 4. The zero-order chi connectivity index (χ0) is 14.0. The first kappa shape index (κ1) is 13.5. The van der Waals surface area contributed by atoms with Crippen LogP contribution in [0.3, 0.4) is 0 Å². The number of nitrogens with zero attached hydrogens (tertiary/aromatic N) is 2. The quantitative estimate of drug-likeness (QED) is 0.773. The summed E-state index contributed by atoms with van der Waals surface area (Å²) in [5, 5.41) is 5.35. The maximum atomic E-state index is 12.2. The minimum Gasteiger partial charge on any atom is -0.355 e. The Balaban J connectivity index is 2.15. The minimum absolute atomic E-state index is 0.0382. The van der Waals surface area contributed by atoms with Gasteiger partial charge in [-0.1, -0.05) is 20.8 Å². The monoisotopic (exact) mass is 262 g/mol. The molecule has 1 saturated heterocycles. The average molecular weight is 262 g/mol. The summed E-state index contributed by atoms with van der Waals surface area (Å²) in [7, 11) is 0. The zero-order valence-electron chi connectivity index (χ0n) is 11.3. The smallest absolute Gasteiger partial charge is 0.239 e. The van der Waals surface area contributed by atoms with E-state index in [0.717, 1.165) is 0 Å². The summed E-state index contributed by atoms with van der Waals surface area (Å²) in [6, 6.07) is 1.66. The van der Waals surface area contributed by atoms with Gasteiger partial charge in [-0.15, -0.1) is 0 Å². The predicted octanol–water partition coefficient (Wildman–Crippen LogP) is 0.823. The number of carbonyl (C=O) groups excluding carboxylic acids is 2. The summed E-state index contributed by atoms with van der Waals surface area (Å²) in [6.45, 7) is 6.60. The van der Waals surface area contributed by atoms with E-state index in [2.05, 4.69) is 20.6 Å². The predicted molar refractivity (Wildman–Crippen MR) is 70.1 cm³/mol. The Labute approximate surface area is 112 Å². The van der Waals surface area contributed by atoms with E-state index in [4.69, 9.17) is 0 Å². The summed E-state index contributed by atoms with van der Waals surface area (Å²) in [6.07, 6.45) is 3.08. The van der Waals surface area contributed by atoms with Crippen molar-refractivity contribution in [2.75, 3.05) is 11.9 Å². The number of anilines is 1. The molecule has 1 aromatic heterocycles. The molecule has 1 aromatic rings. The van der Waals surface area contributed by atoms with Crippen molar-refractivity contribution in [3.05, 3.63) is 18.5 Å². The average Bonchev–Trinajstić information content (AvgIpc) is 2.72. The van der Waals surface area contributed by atoms with Gasteiger partial charge in [-0.25, -0.2) is 9.97 Å². The molecule has 2 amide bonds. The van der Waals surface area contributed by atoms with E-state index in [1.165, 1.54) is 0 Å². The molecular formula is C13H18N4O2. The van der Waals surface area contributed by atoms with Crippen molar-refractivity contribution in [1.29, 1.82) is 0 Å². The van der Waals surface area contributed by atoms with Crippen LogP contribution in [-0.2, 0) is 9.59 Å². The minimum atomic E-state index is -0.691. The van der Waals surface area contributed by atoms with Crippen LogP contribution < -0.4 is 10.6 Å². The molecule has 0 aromatic carbocycles. The van der Waals surface area contributed by atoms with E-state index in [9.17, 15) is 9.59 Å². The molecule has 0 saturated carbocycles. The lowest BCUT2D eigenvalue weighted by Crippen LogP contribution is -2.37. The molecule has 2 atom stereocenters. The normalized spacial score (nSPS) is 23.0. The van der Waals surface area contributed by atoms with Crippen LogP contribution in [0, 0.1) is 17.3 Å². The standard InChI is InChI=1S/C13H18N4O2/c1-13(2,3)8-7-16-10(18)9(8)11(19)17-12-14-5-4-6-15-12/h4-6,8-9H,7H2,1-3H3,(H,16,18)(H,14,15,17,19)/t8-,9-/m1/s1. The van der Waals surface area contributed by atoms with Crippen molar-refractivity contribution >= 4 is 17.8 Å². The lowest BCUT2D eigenvalue weighted by molar-refractivity contribution is -0.132. The Hall–Kier alpha value is -1.98. The molecule has 0 aliphatic carbocycles. The second-order valence-electron chi connectivity index (χ2n) is 5.76. The molecule has 2 heterocycles. The third-order valence-corrected chi connectivity index (χ3v) is 3.38. The fraction of sp³-hybridized carbons (Fsp3) is 0.538. The summed E-state index contributed by atoms with van der Waals surface area (Å²) >= 11 is 0. The molecule has 1 aliphatic heterocycles. The van der Waals surface area contributed by atoms with Crippen LogP contribution >= 0.6 is 0 Å². The number of nitrogens with one attached hydrogen (secondary N) is 2. The van der Waals surface area contributed by atoms with Crippen LogP contribution in [0.4, 0.5) is 5.95 Å². The van der Waals surface area contributed by atoms with Gasteiger partial charge < -0.3 is 5.32 Å². The first-order chi connectivity index (χ1) is 8.89. The highest BCUT2D eigenvalue weighted by Gasteiger charge is 2.45. The highest BCUT2D eigenvalue weighted by Crippen LogP contribution is 2.35. The van der Waals surface area contributed by atoms with Gasteiger partial charge in [-0.3, -0.25) is 14.9 Å². The lowest BCUT2D eigenvalue weighted by Gasteiger charge is -2.29. The van der Waals surface area contributed by atoms with Gasteiger partial charge >= 0.3 is 0 Å². The summed E-state index contributed by atoms with van der Waals surface area (Å²) in [5.41, 5.74) is -0.126. The van der Waals surface area contributed by atoms with Crippen molar-refractivity contribution in [3.8, 4) is 0 Å². The van der Waals surface area contributed by atoms with Gasteiger partial charge in [-0.05, 0) is 11.5 Å². The Bertz CT molecular complexity index is 481. The van der Waals surface area contributed by atoms with Gasteiger partial charge in [0, 0.05) is 24.9 Å². The topological polar surface area (TPSA) is 84.0 Å². The van der Waals surface area contributed by atoms with Gasteiger partial charge in [0.2, 0.25) is 17.8 Å². The van der Waals surface area contributed by atoms with Crippen LogP contribution in [0.1, 0.15) is 20.8 Å². The zero-order valence-corrected chi connectivity index (χ0v) is 11.3. The molecule has 2 N–H and O–H groups in total. The molecule has 0 radical (unpaired) electrons. The van der Waals surface area contributed by atoms with E-state index in [1.807, 2.05) is 20.8 Å². The molecule has 19 heavy (non-hydrogen) atoms. The molecule has 2 rings (SSSR count). The van der Waals surface area contributed by atoms with Crippen molar-refractivity contribution in [2.45, 2.75) is 20.8 Å². The number of rotatable bonds is 2. The third kappa shape index (κ3) is 2.89. The Kier molecular flexibility index (Phi) is 3.50. The van der Waals surface area contributed by atoms with Gasteiger partial charge in [0.1, 0.15) is 5.92 Å². The van der Waals surface area contributed by atoms with Gasteiger partial charge in [-0.2, -0.15) is 0 Å². The number of hydrogen-bond donors (Lipinski definition) is 2. The molecule has 6 nitrogen and oxygen atoms in total. The fourth-order valence-electron chi connectivity index (χ4n) is 2.28. The lowest BCUT2D eigenvalue weighted by atomic mass is 9.74. The second kappa shape index (κ2) is 4.95. The summed E-state index contributed by atoms with van der Waals surface area (Å²) in [5.74, 6) is -1.08. The van der Waals surface area contributed by atoms with Crippen LogP contribution in [-0.4, -0.2) is 28.3 Å². The van der Waals surface area contributed by atoms with Crippen molar-refractivity contribution in [2.24, 2.45) is 17.3 Å². The number of carbonyl (C=O) groups is 2. The maximum Gasteiger partial charge on any atom is 0.239 e. The first-order valence-corrected chi connectivity index (χ1v) is 6.25. The Morgan fingerprint density at radius 2 is 2.00 bits per heavy atom. The molecule has 6 heteroatoms. The fourth-order valence-corrected chi connectivity index (χ4v) is 2.28. The van der Waals surface area contributed by atoms with E-state index in [-0.39, 0.29) is 29.1 Å². The summed E-state index contributed by atoms with van der Waals surface area (Å²) < 4.78 is 0. The molecule has 1 aliphatic rings. The van der Waals surface area contributed by atoms with Crippen molar-refractivity contribution < 1.29 is 9.59 Å². The Morgan fingerprint density at radius 3 is 2.58 bits per heavy atom. The largest absolute Gasteiger partial charge is 0.355 e. The van der Waals surface area contributed by atoms with Gasteiger partial charge in [0.05, 0.1) is 0 Å². The third-order valence-electron chi connectivity index (χ3n) is 3.38. The maximum absolute atomic E-state index is 12.2. The molecule has 1 fully saturated rings. The van der Waals surface area contributed by atoms with E-state index in [1.54, 1.807) is 18.5 Å². The van der Waals surface area contributed by atoms with Gasteiger partial charge in [0.25, 0.3) is 0 Å². The summed E-state index contributed by atoms with van der Waals surface area (Å²) in [4.78, 5) is 31.9. The first-order valence-electron chi connectivity index (χ1n) is 6.25. The number of amides is 2. The van der Waals surface area contributed by atoms with E-state index in [0.29, 0.717) is 6.54 Å². The molecule has 0 unspecified atom stereocenters. The second-order valence-corrected chi connectivity index (χ2v) is 5.76. The van der Waals surface area contributed by atoms with E-state index < -0.39 is 5.92 Å². The highest BCUT2D eigenvalue weighted by molar-refractivity contribution is 6.07. The van der Waals surface area contributed by atoms with Gasteiger partial charge in [0.15, 0.2) is 0 Å². The SMILES string of the molecule is CC(C)(C)[C@@H]1CNC(=O)[C@@H]1C(=O)Nc1ncccn1. The van der Waals surface area contributed by atoms with Crippen LogP contribution in [0.2, 0.25) is 0 Å². The molecular weight excluding hydrogens is 244 g/mol. The highest BCUT2D eigenvalue weighted by atomic mass is 16.2. The van der Waals surface area contributed by atoms with Crippen LogP contribution in [0.15, 0.2) is 18.5 Å².